The number of nitrogens with zero attached hydrogens (tertiary/aromatic N) is 1. The molecule has 0 aliphatic carbocycles. The standard InChI is InChI=1S/C32H33N3O5S/c1-3-39-31-21-27(16-19-30(31)40-23-26-12-8-5-9-13-26)22-33-34-32(36)29(20-25-10-6-4-7-11-25)35-41(37,38)28-17-14-24(2)15-18-28/h4-19,21-22,29,35H,3,20,23H2,1-2H3,(H,34,36)/b33-22-/t29-/m1/s1. The van der Waals surface area contributed by atoms with E-state index in [1.54, 1.807) is 30.3 Å². The van der Waals surface area contributed by atoms with E-state index in [1.165, 1.54) is 18.3 Å². The molecular formula is C32H33N3O5S. The van der Waals surface area contributed by atoms with E-state index < -0.39 is 22.0 Å². The number of carbonyl (C=O) groups is 1. The number of hydrazone groups is 1. The van der Waals surface area contributed by atoms with Crippen LogP contribution >= 0.6 is 0 Å². The molecule has 0 fully saturated rings. The van der Waals surface area contributed by atoms with Crippen LogP contribution in [0.2, 0.25) is 0 Å². The van der Waals surface area contributed by atoms with Gasteiger partial charge in [0.15, 0.2) is 11.5 Å². The van der Waals surface area contributed by atoms with Gasteiger partial charge in [0.2, 0.25) is 10.0 Å². The number of benzene rings is 4. The molecule has 1 amide bonds. The van der Waals surface area contributed by atoms with Crippen molar-refractivity contribution in [2.75, 3.05) is 6.61 Å². The first-order valence-corrected chi connectivity index (χ1v) is 14.7. The van der Waals surface area contributed by atoms with Gasteiger partial charge >= 0.3 is 0 Å². The normalized spacial score (nSPS) is 12.1. The van der Waals surface area contributed by atoms with Crippen LogP contribution in [0.5, 0.6) is 11.5 Å². The van der Waals surface area contributed by atoms with Crippen LogP contribution in [0.4, 0.5) is 0 Å². The third-order valence-corrected chi connectivity index (χ3v) is 7.61. The summed E-state index contributed by atoms with van der Waals surface area (Å²) in [5.74, 6) is 0.547. The van der Waals surface area contributed by atoms with Crippen LogP contribution in [0, 0.1) is 6.92 Å². The van der Waals surface area contributed by atoms with Crippen molar-refractivity contribution >= 4 is 22.1 Å². The summed E-state index contributed by atoms with van der Waals surface area (Å²) in [6.07, 6.45) is 1.62. The SMILES string of the molecule is CCOc1cc(/C=N\NC(=O)[C@@H](Cc2ccccc2)NS(=O)(=O)c2ccc(C)cc2)ccc1OCc1ccccc1. The fourth-order valence-corrected chi connectivity index (χ4v) is 5.18. The van der Waals surface area contributed by atoms with Gasteiger partial charge in [-0.15, -0.1) is 0 Å². The van der Waals surface area contributed by atoms with Crippen molar-refractivity contribution in [2.24, 2.45) is 5.10 Å². The Morgan fingerprint density at radius 3 is 2.17 bits per heavy atom. The minimum absolute atomic E-state index is 0.0792. The summed E-state index contributed by atoms with van der Waals surface area (Å²) in [7, 11) is -3.95. The van der Waals surface area contributed by atoms with Crippen LogP contribution in [0.1, 0.15) is 29.2 Å². The predicted octanol–water partition coefficient (Wildman–Crippen LogP) is 5.01. The highest BCUT2D eigenvalue weighted by Gasteiger charge is 2.26. The topological polar surface area (TPSA) is 106 Å². The average molecular weight is 572 g/mol. The molecule has 0 saturated carbocycles. The lowest BCUT2D eigenvalue weighted by Crippen LogP contribution is -2.46. The third kappa shape index (κ3) is 8.76. The van der Waals surface area contributed by atoms with E-state index in [4.69, 9.17) is 9.47 Å². The second-order valence-electron chi connectivity index (χ2n) is 9.32. The predicted molar refractivity (Wildman–Crippen MR) is 160 cm³/mol. The Hall–Kier alpha value is -4.47. The summed E-state index contributed by atoms with van der Waals surface area (Å²) < 4.78 is 40.4. The lowest BCUT2D eigenvalue weighted by molar-refractivity contribution is -0.122. The largest absolute Gasteiger partial charge is 0.490 e. The quantitative estimate of drug-likeness (QED) is 0.173. The Morgan fingerprint density at radius 2 is 1.51 bits per heavy atom. The first-order valence-electron chi connectivity index (χ1n) is 13.2. The van der Waals surface area contributed by atoms with Crippen molar-refractivity contribution in [1.82, 2.24) is 10.1 Å². The van der Waals surface area contributed by atoms with E-state index in [2.05, 4.69) is 15.2 Å². The molecule has 8 nitrogen and oxygen atoms in total. The molecule has 0 heterocycles. The maximum Gasteiger partial charge on any atom is 0.258 e. The number of amides is 1. The van der Waals surface area contributed by atoms with E-state index in [0.717, 1.165) is 16.7 Å². The Labute approximate surface area is 241 Å². The summed E-state index contributed by atoms with van der Waals surface area (Å²) in [6, 6.07) is 29.7. The number of rotatable bonds is 13. The Kier molecular flexibility index (Phi) is 10.3. The van der Waals surface area contributed by atoms with Crippen LogP contribution in [0.3, 0.4) is 0 Å². The fourth-order valence-electron chi connectivity index (χ4n) is 3.99. The molecule has 0 unspecified atom stereocenters. The molecule has 0 bridgehead atoms. The summed E-state index contributed by atoms with van der Waals surface area (Å²) in [5, 5.41) is 4.09. The second-order valence-corrected chi connectivity index (χ2v) is 11.0. The monoisotopic (exact) mass is 571 g/mol. The van der Waals surface area contributed by atoms with E-state index in [1.807, 2.05) is 74.5 Å². The molecule has 1 atom stereocenters. The maximum atomic E-state index is 13.1. The molecular weight excluding hydrogens is 538 g/mol. The van der Waals surface area contributed by atoms with Gasteiger partial charge in [0, 0.05) is 0 Å². The molecule has 4 aromatic carbocycles. The third-order valence-electron chi connectivity index (χ3n) is 6.12. The molecule has 9 heteroatoms. The minimum atomic E-state index is -3.95. The smallest absolute Gasteiger partial charge is 0.258 e. The number of hydrogen-bond acceptors (Lipinski definition) is 6. The highest BCUT2D eigenvalue weighted by Crippen LogP contribution is 2.29. The maximum absolute atomic E-state index is 13.1. The molecule has 2 N–H and O–H groups in total. The molecule has 4 aromatic rings. The highest BCUT2D eigenvalue weighted by molar-refractivity contribution is 7.89. The van der Waals surface area contributed by atoms with Gasteiger partial charge in [0.25, 0.3) is 5.91 Å². The number of sulfonamides is 1. The summed E-state index contributed by atoms with van der Waals surface area (Å²) in [4.78, 5) is 13.2. The Bertz CT molecular complexity index is 1560. The van der Waals surface area contributed by atoms with E-state index >= 15 is 0 Å². The average Bonchev–Trinajstić information content (AvgIpc) is 2.98. The highest BCUT2D eigenvalue weighted by atomic mass is 32.2. The van der Waals surface area contributed by atoms with Crippen LogP contribution in [-0.4, -0.2) is 33.2 Å². The second kappa shape index (κ2) is 14.2. The molecule has 0 aliphatic heterocycles. The van der Waals surface area contributed by atoms with Crippen LogP contribution < -0.4 is 19.6 Å². The van der Waals surface area contributed by atoms with E-state index in [-0.39, 0.29) is 11.3 Å². The van der Waals surface area contributed by atoms with Gasteiger partial charge < -0.3 is 9.47 Å². The van der Waals surface area contributed by atoms with E-state index in [0.29, 0.717) is 30.3 Å². The van der Waals surface area contributed by atoms with Gasteiger partial charge in [-0.3, -0.25) is 4.79 Å². The molecule has 0 aliphatic rings. The van der Waals surface area contributed by atoms with Crippen LogP contribution in [-0.2, 0) is 27.8 Å². The number of nitrogens with one attached hydrogen (secondary N) is 2. The zero-order chi connectivity index (χ0) is 29.1. The lowest BCUT2D eigenvalue weighted by atomic mass is 10.1. The molecule has 41 heavy (non-hydrogen) atoms. The summed E-state index contributed by atoms with van der Waals surface area (Å²) in [5.41, 5.74) is 5.91. The van der Waals surface area contributed by atoms with Crippen molar-refractivity contribution in [1.29, 1.82) is 0 Å². The van der Waals surface area contributed by atoms with Gasteiger partial charge in [-0.05, 0) is 67.3 Å². The van der Waals surface area contributed by atoms with Crippen molar-refractivity contribution in [3.63, 3.8) is 0 Å². The van der Waals surface area contributed by atoms with Gasteiger partial charge in [0.05, 0.1) is 17.7 Å². The number of ether oxygens (including phenoxy) is 2. The van der Waals surface area contributed by atoms with Gasteiger partial charge in [0.1, 0.15) is 12.6 Å². The lowest BCUT2D eigenvalue weighted by Gasteiger charge is -2.17. The Balaban J connectivity index is 1.46. The number of carbonyl (C=O) groups excluding carboxylic acids is 1. The molecule has 0 saturated heterocycles. The molecule has 0 aromatic heterocycles. The van der Waals surface area contributed by atoms with E-state index in [9.17, 15) is 13.2 Å². The van der Waals surface area contributed by atoms with Crippen LogP contribution in [0.15, 0.2) is 113 Å². The van der Waals surface area contributed by atoms with Crippen molar-refractivity contribution < 1.29 is 22.7 Å². The molecule has 4 rings (SSSR count). The number of aryl methyl sites for hydroxylation is 1. The van der Waals surface area contributed by atoms with Crippen molar-refractivity contribution in [3.8, 4) is 11.5 Å². The fraction of sp³-hybridized carbons (Fsp3) is 0.188. The minimum Gasteiger partial charge on any atom is -0.490 e. The molecule has 212 valence electrons. The van der Waals surface area contributed by atoms with Gasteiger partial charge in [-0.25, -0.2) is 13.8 Å². The summed E-state index contributed by atoms with van der Waals surface area (Å²) >= 11 is 0. The first-order chi connectivity index (χ1) is 19.8. The zero-order valence-corrected chi connectivity index (χ0v) is 23.8. The Morgan fingerprint density at radius 1 is 0.854 bits per heavy atom. The van der Waals surface area contributed by atoms with Crippen molar-refractivity contribution in [3.05, 3.63) is 125 Å². The molecule has 0 spiro atoms. The number of hydrogen-bond donors (Lipinski definition) is 2. The van der Waals surface area contributed by atoms with Crippen LogP contribution in [0.25, 0.3) is 0 Å². The van der Waals surface area contributed by atoms with Crippen molar-refractivity contribution in [2.45, 2.75) is 37.8 Å². The van der Waals surface area contributed by atoms with Gasteiger partial charge in [-0.2, -0.15) is 9.82 Å². The zero-order valence-electron chi connectivity index (χ0n) is 23.0. The summed E-state index contributed by atoms with van der Waals surface area (Å²) in [6.45, 7) is 4.59. The van der Waals surface area contributed by atoms with Gasteiger partial charge in [-0.1, -0.05) is 78.4 Å². The molecule has 0 radical (unpaired) electrons. The first kappa shape index (κ1) is 29.5.